The summed E-state index contributed by atoms with van der Waals surface area (Å²) < 4.78 is 0. The van der Waals surface area contributed by atoms with Gasteiger partial charge in [0.05, 0.1) is 0 Å². The van der Waals surface area contributed by atoms with Crippen molar-refractivity contribution < 1.29 is 14.7 Å². The molecule has 1 unspecified atom stereocenters. The van der Waals surface area contributed by atoms with Crippen LogP contribution in [-0.2, 0) is 9.59 Å². The van der Waals surface area contributed by atoms with Crippen molar-refractivity contribution in [2.45, 2.75) is 63.0 Å². The molecule has 0 aromatic rings. The second-order valence-electron chi connectivity index (χ2n) is 4.97. The molecule has 4 nitrogen and oxygen atoms in total. The van der Waals surface area contributed by atoms with Gasteiger partial charge in [0.1, 0.15) is 0 Å². The van der Waals surface area contributed by atoms with Crippen molar-refractivity contribution in [3.8, 4) is 0 Å². The summed E-state index contributed by atoms with van der Waals surface area (Å²) in [5.74, 6) is 0.193. The second-order valence-corrected chi connectivity index (χ2v) is 6.14. The van der Waals surface area contributed by atoms with Gasteiger partial charge in [0.15, 0.2) is 0 Å². The maximum Gasteiger partial charge on any atom is 0.303 e. The van der Waals surface area contributed by atoms with Gasteiger partial charge in [-0.1, -0.05) is 12.8 Å². The molecule has 0 aromatic heterocycles. The number of unbranched alkanes of at least 4 members (excludes halogenated alkanes) is 3. The predicted molar refractivity (Wildman–Crippen MR) is 88.8 cm³/mol. The smallest absolute Gasteiger partial charge is 0.303 e. The lowest BCUT2D eigenvalue weighted by Gasteiger charge is -2.08. The monoisotopic (exact) mass is 321 g/mol. The van der Waals surface area contributed by atoms with E-state index in [4.69, 9.17) is 5.11 Å². The maximum absolute atomic E-state index is 11.5. The van der Waals surface area contributed by atoms with E-state index in [1.807, 2.05) is 0 Å². The van der Waals surface area contributed by atoms with Crippen molar-refractivity contribution in [1.29, 1.82) is 0 Å². The first-order chi connectivity index (χ1) is 9.56. The maximum atomic E-state index is 11.5. The van der Waals surface area contributed by atoms with Crippen molar-refractivity contribution in [2.75, 3.05) is 12.3 Å². The predicted octanol–water partition coefficient (Wildman–Crippen LogP) is 2.93. The molecule has 2 N–H and O–H groups in total. The number of carbonyl (C=O) groups excluding carboxylic acids is 1. The summed E-state index contributed by atoms with van der Waals surface area (Å²) in [6.45, 7) is 0.646. The minimum Gasteiger partial charge on any atom is -0.481 e. The largest absolute Gasteiger partial charge is 0.481 e. The standard InChI is InChI=1S/C14H27NO3S2/c16-13(7-4-3-6-12(20)9-11-19)15-10-5-1-2-8-14(17)18/h12,19-20H,1-11H2,(H,15,16)(H,17,18). The van der Waals surface area contributed by atoms with Gasteiger partial charge in [0.2, 0.25) is 5.91 Å². The Kier molecular flexibility index (Phi) is 13.4. The van der Waals surface area contributed by atoms with Crippen LogP contribution in [0.25, 0.3) is 0 Å². The highest BCUT2D eigenvalue weighted by Gasteiger charge is 2.04. The van der Waals surface area contributed by atoms with Crippen molar-refractivity contribution in [2.24, 2.45) is 0 Å². The number of hydrogen-bond donors (Lipinski definition) is 4. The Hall–Kier alpha value is -0.360. The molecular weight excluding hydrogens is 294 g/mol. The third-order valence-electron chi connectivity index (χ3n) is 3.04. The molecule has 0 saturated heterocycles. The molecule has 0 aliphatic rings. The Balaban J connectivity index is 3.31. The molecule has 1 amide bonds. The molecule has 20 heavy (non-hydrogen) atoms. The van der Waals surface area contributed by atoms with Crippen molar-refractivity contribution in [1.82, 2.24) is 5.32 Å². The van der Waals surface area contributed by atoms with E-state index in [1.165, 1.54) is 0 Å². The van der Waals surface area contributed by atoms with Gasteiger partial charge in [-0.2, -0.15) is 25.3 Å². The number of hydrogen-bond acceptors (Lipinski definition) is 4. The molecule has 0 saturated carbocycles. The third kappa shape index (κ3) is 14.1. The van der Waals surface area contributed by atoms with E-state index < -0.39 is 5.97 Å². The summed E-state index contributed by atoms with van der Waals surface area (Å²) >= 11 is 8.61. The molecule has 6 heteroatoms. The number of amides is 1. The first-order valence-electron chi connectivity index (χ1n) is 7.33. The number of nitrogens with one attached hydrogen (secondary N) is 1. The fraction of sp³-hybridized carbons (Fsp3) is 0.857. The molecule has 118 valence electrons. The van der Waals surface area contributed by atoms with Gasteiger partial charge in [-0.15, -0.1) is 0 Å². The summed E-state index contributed by atoms with van der Waals surface area (Å²) in [6.07, 6.45) is 7.11. The van der Waals surface area contributed by atoms with Crippen molar-refractivity contribution in [3.63, 3.8) is 0 Å². The van der Waals surface area contributed by atoms with E-state index in [0.29, 0.717) is 24.6 Å². The molecule has 1 atom stereocenters. The zero-order valence-electron chi connectivity index (χ0n) is 12.0. The summed E-state index contributed by atoms with van der Waals surface area (Å²) in [6, 6.07) is 0. The van der Waals surface area contributed by atoms with Crippen LogP contribution in [0, 0.1) is 0 Å². The molecule has 0 heterocycles. The van der Waals surface area contributed by atoms with Crippen LogP contribution in [0.5, 0.6) is 0 Å². The minimum atomic E-state index is -0.755. The van der Waals surface area contributed by atoms with E-state index in [1.54, 1.807) is 0 Å². The zero-order chi connectivity index (χ0) is 15.2. The highest BCUT2D eigenvalue weighted by molar-refractivity contribution is 7.81. The Labute approximate surface area is 132 Å². The number of carboxylic acid groups (broad SMARTS) is 1. The fourth-order valence-electron chi connectivity index (χ4n) is 1.85. The van der Waals surface area contributed by atoms with Gasteiger partial charge < -0.3 is 10.4 Å². The van der Waals surface area contributed by atoms with Crippen LogP contribution in [0.1, 0.15) is 57.8 Å². The van der Waals surface area contributed by atoms with Crippen LogP contribution in [0.4, 0.5) is 0 Å². The highest BCUT2D eigenvalue weighted by Crippen LogP contribution is 2.12. The second kappa shape index (κ2) is 13.6. The van der Waals surface area contributed by atoms with Crippen LogP contribution < -0.4 is 5.32 Å². The summed E-state index contributed by atoms with van der Waals surface area (Å²) in [5, 5.41) is 11.7. The van der Waals surface area contributed by atoms with Gasteiger partial charge in [0, 0.05) is 24.6 Å². The summed E-state index contributed by atoms with van der Waals surface area (Å²) in [5.41, 5.74) is 0. The SMILES string of the molecule is O=C(O)CCCCCNC(=O)CCCCC(S)CCS. The fourth-order valence-corrected chi connectivity index (χ4v) is 2.68. The number of aliphatic carboxylic acids is 1. The van der Waals surface area contributed by atoms with E-state index in [-0.39, 0.29) is 12.3 Å². The Morgan fingerprint density at radius 1 is 1.00 bits per heavy atom. The highest BCUT2D eigenvalue weighted by atomic mass is 32.1. The number of thiol groups is 2. The van der Waals surface area contributed by atoms with Crippen molar-refractivity contribution in [3.05, 3.63) is 0 Å². The lowest BCUT2D eigenvalue weighted by molar-refractivity contribution is -0.137. The Morgan fingerprint density at radius 2 is 1.70 bits per heavy atom. The number of rotatable bonds is 13. The van der Waals surface area contributed by atoms with Crippen LogP contribution in [0.3, 0.4) is 0 Å². The molecule has 0 aromatic carbocycles. The van der Waals surface area contributed by atoms with Crippen molar-refractivity contribution >= 4 is 37.1 Å². The lowest BCUT2D eigenvalue weighted by atomic mass is 10.1. The Bertz CT molecular complexity index is 275. The van der Waals surface area contributed by atoms with Gasteiger partial charge in [-0.05, 0) is 37.9 Å². The van der Waals surface area contributed by atoms with Crippen LogP contribution >= 0.6 is 25.3 Å². The third-order valence-corrected chi connectivity index (χ3v) is 3.82. The molecule has 0 bridgehead atoms. The van der Waals surface area contributed by atoms with E-state index >= 15 is 0 Å². The first kappa shape index (κ1) is 19.6. The van der Waals surface area contributed by atoms with E-state index in [0.717, 1.165) is 44.3 Å². The van der Waals surface area contributed by atoms with Crippen LogP contribution in [0.15, 0.2) is 0 Å². The van der Waals surface area contributed by atoms with Crippen LogP contribution in [-0.4, -0.2) is 34.5 Å². The zero-order valence-corrected chi connectivity index (χ0v) is 13.8. The normalized spacial score (nSPS) is 12.1. The average molecular weight is 322 g/mol. The average Bonchev–Trinajstić information content (AvgIpc) is 2.39. The van der Waals surface area contributed by atoms with Gasteiger partial charge in [-0.25, -0.2) is 0 Å². The molecule has 0 radical (unpaired) electrons. The lowest BCUT2D eigenvalue weighted by Crippen LogP contribution is -2.24. The summed E-state index contributed by atoms with van der Waals surface area (Å²) in [7, 11) is 0. The van der Waals surface area contributed by atoms with Crippen LogP contribution in [0.2, 0.25) is 0 Å². The first-order valence-corrected chi connectivity index (χ1v) is 8.48. The van der Waals surface area contributed by atoms with Gasteiger partial charge >= 0.3 is 5.97 Å². The van der Waals surface area contributed by atoms with E-state index in [2.05, 4.69) is 30.6 Å². The molecule has 0 rings (SSSR count). The Morgan fingerprint density at radius 3 is 2.35 bits per heavy atom. The molecular formula is C14H27NO3S2. The molecule has 0 spiro atoms. The summed E-state index contributed by atoms with van der Waals surface area (Å²) in [4.78, 5) is 21.8. The molecule has 0 aliphatic carbocycles. The molecule has 0 fully saturated rings. The van der Waals surface area contributed by atoms with Gasteiger partial charge in [0.25, 0.3) is 0 Å². The quantitative estimate of drug-likeness (QED) is 0.311. The number of carbonyl (C=O) groups is 2. The minimum absolute atomic E-state index is 0.0909. The van der Waals surface area contributed by atoms with E-state index in [9.17, 15) is 9.59 Å². The number of carboxylic acids is 1. The van der Waals surface area contributed by atoms with Gasteiger partial charge in [-0.3, -0.25) is 9.59 Å². The topological polar surface area (TPSA) is 66.4 Å². The molecule has 0 aliphatic heterocycles.